The fourth-order valence-corrected chi connectivity index (χ4v) is 5.47. The SMILES string of the molecule is N#Cc1ccc(-c2c(Br)cc(Br)cc2S(=O)(=O)C(F)(F)C(F)(F)C(F)(F)F)cc1. The van der Waals surface area contributed by atoms with Crippen molar-refractivity contribution in [1.29, 1.82) is 5.26 Å². The van der Waals surface area contributed by atoms with Gasteiger partial charge in [-0.1, -0.05) is 44.0 Å². The highest BCUT2D eigenvalue weighted by Gasteiger charge is 2.78. The van der Waals surface area contributed by atoms with Crippen LogP contribution >= 0.6 is 31.9 Å². The quantitative estimate of drug-likeness (QED) is 0.406. The number of sulfone groups is 1. The molecule has 0 saturated heterocycles. The second-order valence-electron chi connectivity index (χ2n) is 5.54. The lowest BCUT2D eigenvalue weighted by Crippen LogP contribution is -2.56. The second-order valence-corrected chi connectivity index (χ2v) is 9.27. The minimum atomic E-state index is -6.85. The normalized spacial score (nSPS) is 13.2. The molecule has 2 aromatic rings. The lowest BCUT2D eigenvalue weighted by atomic mass is 10.0. The van der Waals surface area contributed by atoms with E-state index in [0.717, 1.165) is 12.1 Å². The van der Waals surface area contributed by atoms with E-state index in [1.165, 1.54) is 18.2 Å². The van der Waals surface area contributed by atoms with E-state index in [1.807, 2.05) is 0 Å². The molecule has 0 radical (unpaired) electrons. The van der Waals surface area contributed by atoms with Gasteiger partial charge in [-0.15, -0.1) is 0 Å². The van der Waals surface area contributed by atoms with E-state index in [0.29, 0.717) is 6.07 Å². The molecule has 0 amide bonds. The van der Waals surface area contributed by atoms with Gasteiger partial charge >= 0.3 is 17.4 Å². The molecule has 13 heteroatoms. The van der Waals surface area contributed by atoms with Gasteiger partial charge in [0, 0.05) is 14.5 Å². The predicted molar refractivity (Wildman–Crippen MR) is 95.1 cm³/mol. The Balaban J connectivity index is 2.85. The van der Waals surface area contributed by atoms with E-state index >= 15 is 0 Å². The maximum Gasteiger partial charge on any atom is 0.461 e. The number of nitrogens with zero attached hydrogens (tertiary/aromatic N) is 1. The number of rotatable bonds is 4. The molecule has 0 spiro atoms. The van der Waals surface area contributed by atoms with E-state index in [9.17, 15) is 39.2 Å². The summed E-state index contributed by atoms with van der Waals surface area (Å²) in [5, 5.41) is 2.30. The van der Waals surface area contributed by atoms with Gasteiger partial charge in [0.15, 0.2) is 0 Å². The Kier molecular flexibility index (Phi) is 6.15. The minimum Gasteiger partial charge on any atom is -0.217 e. The Bertz CT molecular complexity index is 1090. The van der Waals surface area contributed by atoms with Crippen molar-refractivity contribution < 1.29 is 39.2 Å². The summed E-state index contributed by atoms with van der Waals surface area (Å²) in [6, 6.07) is 8.06. The molecule has 0 aliphatic rings. The number of nitriles is 1. The van der Waals surface area contributed by atoms with Crippen LogP contribution in [-0.2, 0) is 9.84 Å². The van der Waals surface area contributed by atoms with Gasteiger partial charge in [-0.05, 0) is 29.8 Å². The van der Waals surface area contributed by atoms with Crippen molar-refractivity contribution >= 4 is 41.7 Å². The van der Waals surface area contributed by atoms with E-state index in [1.54, 1.807) is 6.07 Å². The van der Waals surface area contributed by atoms with Crippen LogP contribution in [0.5, 0.6) is 0 Å². The molecule has 0 heterocycles. The third-order valence-corrected chi connectivity index (χ3v) is 6.59. The lowest BCUT2D eigenvalue weighted by molar-refractivity contribution is -0.332. The van der Waals surface area contributed by atoms with Crippen molar-refractivity contribution in [3.63, 3.8) is 0 Å². The maximum absolute atomic E-state index is 14.1. The lowest BCUT2D eigenvalue weighted by Gasteiger charge is -2.28. The zero-order valence-corrected chi connectivity index (χ0v) is 17.5. The first-order valence-electron chi connectivity index (χ1n) is 7.14. The van der Waals surface area contributed by atoms with Gasteiger partial charge in [0.05, 0.1) is 16.5 Å². The van der Waals surface area contributed by atoms with Crippen LogP contribution in [0.4, 0.5) is 30.7 Å². The molecule has 0 bridgehead atoms. The van der Waals surface area contributed by atoms with Gasteiger partial charge in [0.2, 0.25) is 0 Å². The molecule has 156 valence electrons. The summed E-state index contributed by atoms with van der Waals surface area (Å²) in [7, 11) is -6.55. The summed E-state index contributed by atoms with van der Waals surface area (Å²) in [4.78, 5) is -1.46. The van der Waals surface area contributed by atoms with Gasteiger partial charge < -0.3 is 0 Å². The first-order chi connectivity index (χ1) is 13.1. The third kappa shape index (κ3) is 3.89. The van der Waals surface area contributed by atoms with Gasteiger partial charge in [-0.25, -0.2) is 8.42 Å². The highest BCUT2D eigenvalue weighted by atomic mass is 79.9. The largest absolute Gasteiger partial charge is 0.461 e. The standard InChI is InChI=1S/C16H6Br2F7NO2S/c17-10-5-11(18)13(9-3-1-8(7-26)2-4-9)12(6-10)29(27,28)16(24,25)14(19,20)15(21,22)23/h1-6H. The topological polar surface area (TPSA) is 57.9 Å². The number of hydrogen-bond acceptors (Lipinski definition) is 3. The Morgan fingerprint density at radius 1 is 0.897 bits per heavy atom. The van der Waals surface area contributed by atoms with Crippen LogP contribution in [0, 0.1) is 11.3 Å². The van der Waals surface area contributed by atoms with Crippen LogP contribution in [0.25, 0.3) is 11.1 Å². The van der Waals surface area contributed by atoms with Crippen molar-refractivity contribution in [3.05, 3.63) is 50.9 Å². The summed E-state index contributed by atoms with van der Waals surface area (Å²) >= 11 is 5.70. The summed E-state index contributed by atoms with van der Waals surface area (Å²) < 4.78 is 117. The van der Waals surface area contributed by atoms with Gasteiger partial charge in [0.25, 0.3) is 9.84 Å². The average molecular weight is 569 g/mol. The molecule has 2 aromatic carbocycles. The van der Waals surface area contributed by atoms with E-state index in [-0.39, 0.29) is 20.1 Å². The molecule has 0 unspecified atom stereocenters. The van der Waals surface area contributed by atoms with Crippen molar-refractivity contribution in [2.75, 3.05) is 0 Å². The zero-order valence-electron chi connectivity index (χ0n) is 13.5. The average Bonchev–Trinajstić information content (AvgIpc) is 2.60. The zero-order chi connectivity index (χ0) is 22.4. The Hall–Kier alpha value is -1.65. The Morgan fingerprint density at radius 2 is 1.41 bits per heavy atom. The highest BCUT2D eigenvalue weighted by Crippen LogP contribution is 2.52. The Morgan fingerprint density at radius 3 is 1.86 bits per heavy atom. The molecule has 3 nitrogen and oxygen atoms in total. The van der Waals surface area contributed by atoms with Gasteiger partial charge in [-0.3, -0.25) is 0 Å². The molecule has 0 saturated carbocycles. The van der Waals surface area contributed by atoms with Crippen LogP contribution in [0.15, 0.2) is 50.2 Å². The van der Waals surface area contributed by atoms with Crippen LogP contribution in [0.1, 0.15) is 5.56 Å². The van der Waals surface area contributed by atoms with Crippen molar-refractivity contribution in [2.24, 2.45) is 0 Å². The molecule has 2 rings (SSSR count). The van der Waals surface area contributed by atoms with E-state index in [2.05, 4.69) is 31.9 Å². The summed E-state index contributed by atoms with van der Waals surface area (Å²) in [6.45, 7) is 0. The molecule has 0 aliphatic heterocycles. The van der Waals surface area contributed by atoms with E-state index < -0.39 is 37.6 Å². The number of alkyl halides is 7. The molecule has 0 aromatic heterocycles. The number of halogens is 9. The van der Waals surface area contributed by atoms with Crippen LogP contribution in [0.2, 0.25) is 0 Å². The van der Waals surface area contributed by atoms with E-state index in [4.69, 9.17) is 5.26 Å². The first-order valence-corrected chi connectivity index (χ1v) is 10.2. The number of hydrogen-bond donors (Lipinski definition) is 0. The molecule has 0 fully saturated rings. The maximum atomic E-state index is 14.1. The molecular weight excluding hydrogens is 563 g/mol. The minimum absolute atomic E-state index is 0.111. The van der Waals surface area contributed by atoms with Crippen LogP contribution < -0.4 is 0 Å². The smallest absolute Gasteiger partial charge is 0.217 e. The molecule has 0 N–H and O–H groups in total. The molecule has 29 heavy (non-hydrogen) atoms. The summed E-state index contributed by atoms with van der Waals surface area (Å²) in [5.74, 6) is -6.85. The molecule has 0 aliphatic carbocycles. The van der Waals surface area contributed by atoms with Crippen LogP contribution in [0.3, 0.4) is 0 Å². The summed E-state index contributed by atoms with van der Waals surface area (Å²) in [6.07, 6.45) is -6.82. The van der Waals surface area contributed by atoms with Crippen molar-refractivity contribution in [2.45, 2.75) is 22.2 Å². The molecular formula is C16H6Br2F7NO2S. The fraction of sp³-hybridized carbons (Fsp3) is 0.188. The highest BCUT2D eigenvalue weighted by molar-refractivity contribution is 9.11. The molecule has 0 atom stereocenters. The van der Waals surface area contributed by atoms with Gasteiger partial charge in [-0.2, -0.15) is 36.0 Å². The monoisotopic (exact) mass is 567 g/mol. The van der Waals surface area contributed by atoms with Crippen LogP contribution in [-0.4, -0.2) is 25.8 Å². The Labute approximate surface area is 176 Å². The van der Waals surface area contributed by atoms with Gasteiger partial charge in [0.1, 0.15) is 0 Å². The fourth-order valence-electron chi connectivity index (χ4n) is 2.23. The van der Waals surface area contributed by atoms with Crippen molar-refractivity contribution in [1.82, 2.24) is 0 Å². The third-order valence-electron chi connectivity index (χ3n) is 3.67. The van der Waals surface area contributed by atoms with Crippen molar-refractivity contribution in [3.8, 4) is 17.2 Å². The second kappa shape index (κ2) is 7.55. The first kappa shape index (κ1) is 23.6. The number of benzene rings is 2. The summed E-state index contributed by atoms with van der Waals surface area (Å²) in [5.41, 5.74) is -0.580. The predicted octanol–water partition coefficient (Wildman–Crippen LogP) is 6.31.